The lowest BCUT2D eigenvalue weighted by molar-refractivity contribution is -0.110. The Kier molecular flexibility index (Phi) is 4.14. The molecular formula is C20H20FNO2. The van der Waals surface area contributed by atoms with Crippen LogP contribution in [0.1, 0.15) is 42.0 Å². The molecule has 0 aromatic heterocycles. The van der Waals surface area contributed by atoms with E-state index in [9.17, 15) is 9.18 Å². The van der Waals surface area contributed by atoms with Crippen LogP contribution in [0.4, 0.5) is 10.1 Å². The number of hydrogen-bond donors (Lipinski definition) is 1. The van der Waals surface area contributed by atoms with Crippen LogP contribution in [0.15, 0.2) is 30.3 Å². The molecule has 3 rings (SSSR count). The zero-order valence-electron chi connectivity index (χ0n) is 14.2. The molecule has 1 aliphatic rings. The molecule has 1 amide bonds. The van der Waals surface area contributed by atoms with Crippen molar-refractivity contribution in [3.63, 3.8) is 0 Å². The zero-order valence-corrected chi connectivity index (χ0v) is 14.2. The summed E-state index contributed by atoms with van der Waals surface area (Å²) in [5.74, 6) is 0.564. The number of halogens is 1. The predicted molar refractivity (Wildman–Crippen MR) is 94.7 cm³/mol. The molecule has 24 heavy (non-hydrogen) atoms. The Bertz CT molecular complexity index is 853. The van der Waals surface area contributed by atoms with Crippen molar-refractivity contribution in [3.8, 4) is 5.75 Å². The van der Waals surface area contributed by atoms with Crippen LogP contribution < -0.4 is 10.1 Å². The number of methoxy groups -OCH3 is 1. The second kappa shape index (κ2) is 6.11. The fourth-order valence-corrected chi connectivity index (χ4v) is 2.96. The molecule has 3 nitrogen and oxygen atoms in total. The molecule has 0 fully saturated rings. The van der Waals surface area contributed by atoms with Crippen LogP contribution in [-0.2, 0) is 4.79 Å². The maximum absolute atomic E-state index is 13.6. The van der Waals surface area contributed by atoms with Crippen molar-refractivity contribution in [1.29, 1.82) is 0 Å². The van der Waals surface area contributed by atoms with E-state index in [0.29, 0.717) is 22.7 Å². The molecule has 0 saturated heterocycles. The number of benzene rings is 2. The first kappa shape index (κ1) is 16.2. The van der Waals surface area contributed by atoms with Crippen molar-refractivity contribution in [2.45, 2.75) is 26.7 Å². The number of fused-ring (bicyclic) bond motifs is 1. The van der Waals surface area contributed by atoms with E-state index in [4.69, 9.17) is 4.74 Å². The number of carbonyl (C=O) groups excluding carboxylic acids is 1. The monoisotopic (exact) mass is 325 g/mol. The summed E-state index contributed by atoms with van der Waals surface area (Å²) in [6.45, 7) is 6.16. The molecule has 0 spiro atoms. The van der Waals surface area contributed by atoms with Gasteiger partial charge in [0.25, 0.3) is 5.91 Å². The lowest BCUT2D eigenvalue weighted by atomic mass is 9.94. The van der Waals surface area contributed by atoms with Gasteiger partial charge in [-0.3, -0.25) is 4.79 Å². The molecule has 1 N–H and O–H groups in total. The molecule has 0 atom stereocenters. The lowest BCUT2D eigenvalue weighted by Gasteiger charge is -2.15. The first-order valence-corrected chi connectivity index (χ1v) is 7.92. The first-order valence-electron chi connectivity index (χ1n) is 7.92. The number of rotatable bonds is 3. The summed E-state index contributed by atoms with van der Waals surface area (Å²) in [7, 11) is 1.65. The standard InChI is InChI=1S/C20H20FNO2/c1-11(2)15-8-13(12(3)7-19(15)24-4)9-17-16-10-14(21)5-6-18(16)22-20(17)23/h5-11H,1-4H3,(H,22,23). The van der Waals surface area contributed by atoms with Gasteiger partial charge in [-0.1, -0.05) is 13.8 Å². The Labute approximate surface area is 141 Å². The van der Waals surface area contributed by atoms with E-state index in [0.717, 1.165) is 22.4 Å². The molecule has 0 bridgehead atoms. The SMILES string of the molecule is COc1cc(C)c(C=C2C(=O)Nc3ccc(F)cc32)cc1C(C)C. The van der Waals surface area contributed by atoms with Crippen molar-refractivity contribution in [3.05, 3.63) is 58.4 Å². The minimum atomic E-state index is -0.356. The van der Waals surface area contributed by atoms with Gasteiger partial charge in [0.15, 0.2) is 0 Å². The molecule has 0 radical (unpaired) electrons. The first-order chi connectivity index (χ1) is 11.4. The average molecular weight is 325 g/mol. The minimum absolute atomic E-state index is 0.211. The van der Waals surface area contributed by atoms with Crippen LogP contribution >= 0.6 is 0 Å². The Balaban J connectivity index is 2.14. The maximum Gasteiger partial charge on any atom is 0.256 e. The molecule has 0 unspecified atom stereocenters. The fraction of sp³-hybridized carbons (Fsp3) is 0.250. The van der Waals surface area contributed by atoms with E-state index in [1.165, 1.54) is 12.1 Å². The highest BCUT2D eigenvalue weighted by Crippen LogP contribution is 2.36. The molecule has 4 heteroatoms. The average Bonchev–Trinajstić information content (AvgIpc) is 2.84. The summed E-state index contributed by atoms with van der Waals surface area (Å²) in [6.07, 6.45) is 1.82. The molecule has 1 aliphatic heterocycles. The van der Waals surface area contributed by atoms with E-state index in [1.807, 2.05) is 25.1 Å². The minimum Gasteiger partial charge on any atom is -0.496 e. The largest absolute Gasteiger partial charge is 0.496 e. The van der Waals surface area contributed by atoms with E-state index in [-0.39, 0.29) is 11.7 Å². The van der Waals surface area contributed by atoms with Crippen molar-refractivity contribution < 1.29 is 13.9 Å². The summed E-state index contributed by atoms with van der Waals surface area (Å²) in [6, 6.07) is 8.33. The number of nitrogens with one attached hydrogen (secondary N) is 1. The summed E-state index contributed by atoms with van der Waals surface area (Å²) in [5.41, 5.74) is 4.73. The van der Waals surface area contributed by atoms with Crippen LogP contribution in [0.5, 0.6) is 5.75 Å². The molecule has 124 valence electrons. The van der Waals surface area contributed by atoms with Gasteiger partial charge in [0.05, 0.1) is 7.11 Å². The molecule has 0 aliphatic carbocycles. The van der Waals surface area contributed by atoms with Crippen LogP contribution in [0.3, 0.4) is 0 Å². The highest BCUT2D eigenvalue weighted by Gasteiger charge is 2.25. The van der Waals surface area contributed by atoms with Crippen molar-refractivity contribution in [2.24, 2.45) is 0 Å². The van der Waals surface area contributed by atoms with Crippen LogP contribution in [0, 0.1) is 12.7 Å². The number of amides is 1. The zero-order chi connectivity index (χ0) is 17.4. The Hall–Kier alpha value is -2.62. The fourth-order valence-electron chi connectivity index (χ4n) is 2.96. The van der Waals surface area contributed by atoms with Crippen LogP contribution in [0.25, 0.3) is 11.6 Å². The molecular weight excluding hydrogens is 305 g/mol. The van der Waals surface area contributed by atoms with Gasteiger partial charge in [-0.05, 0) is 65.9 Å². The third-order valence-corrected chi connectivity index (χ3v) is 4.30. The van der Waals surface area contributed by atoms with E-state index >= 15 is 0 Å². The third-order valence-electron chi connectivity index (χ3n) is 4.30. The quantitative estimate of drug-likeness (QED) is 0.826. The number of carbonyl (C=O) groups is 1. The van der Waals surface area contributed by atoms with Crippen LogP contribution in [0.2, 0.25) is 0 Å². The van der Waals surface area contributed by atoms with Gasteiger partial charge in [0.1, 0.15) is 11.6 Å². The summed E-state index contributed by atoms with van der Waals surface area (Å²) in [4.78, 5) is 12.3. The number of aryl methyl sites for hydroxylation is 1. The smallest absolute Gasteiger partial charge is 0.256 e. The van der Waals surface area contributed by atoms with Gasteiger partial charge in [-0.2, -0.15) is 0 Å². The normalized spacial score (nSPS) is 14.9. The Morgan fingerprint density at radius 2 is 1.96 bits per heavy atom. The van der Waals surface area contributed by atoms with Crippen LogP contribution in [-0.4, -0.2) is 13.0 Å². The Morgan fingerprint density at radius 1 is 1.21 bits per heavy atom. The molecule has 0 saturated carbocycles. The van der Waals surface area contributed by atoms with E-state index in [2.05, 4.69) is 19.2 Å². The third kappa shape index (κ3) is 2.80. The number of anilines is 1. The summed E-state index contributed by atoms with van der Waals surface area (Å²) in [5, 5.41) is 2.78. The molecule has 1 heterocycles. The van der Waals surface area contributed by atoms with E-state index in [1.54, 1.807) is 13.2 Å². The second-order valence-corrected chi connectivity index (χ2v) is 6.31. The summed E-state index contributed by atoms with van der Waals surface area (Å²) >= 11 is 0. The van der Waals surface area contributed by atoms with Gasteiger partial charge in [0.2, 0.25) is 0 Å². The molecule has 2 aromatic rings. The van der Waals surface area contributed by atoms with Gasteiger partial charge in [0, 0.05) is 16.8 Å². The van der Waals surface area contributed by atoms with Gasteiger partial charge >= 0.3 is 0 Å². The predicted octanol–water partition coefficient (Wildman–Crippen LogP) is 4.76. The lowest BCUT2D eigenvalue weighted by Crippen LogP contribution is -2.04. The highest BCUT2D eigenvalue weighted by atomic mass is 19.1. The summed E-state index contributed by atoms with van der Waals surface area (Å²) < 4.78 is 19.0. The van der Waals surface area contributed by atoms with Gasteiger partial charge in [-0.25, -0.2) is 4.39 Å². The van der Waals surface area contributed by atoms with Crippen molar-refractivity contribution >= 4 is 23.2 Å². The maximum atomic E-state index is 13.6. The molecule has 2 aromatic carbocycles. The Morgan fingerprint density at radius 3 is 2.62 bits per heavy atom. The highest BCUT2D eigenvalue weighted by molar-refractivity contribution is 6.34. The number of ether oxygens (including phenoxy) is 1. The van der Waals surface area contributed by atoms with E-state index < -0.39 is 0 Å². The van der Waals surface area contributed by atoms with Gasteiger partial charge in [-0.15, -0.1) is 0 Å². The van der Waals surface area contributed by atoms with Crippen molar-refractivity contribution in [1.82, 2.24) is 0 Å². The van der Waals surface area contributed by atoms with Crippen molar-refractivity contribution in [2.75, 3.05) is 12.4 Å². The number of hydrogen-bond acceptors (Lipinski definition) is 2. The topological polar surface area (TPSA) is 38.3 Å². The van der Waals surface area contributed by atoms with Gasteiger partial charge < -0.3 is 10.1 Å². The second-order valence-electron chi connectivity index (χ2n) is 6.31.